The molecule has 1 saturated carbocycles. The predicted molar refractivity (Wildman–Crippen MR) is 165 cm³/mol. The van der Waals surface area contributed by atoms with Crippen molar-refractivity contribution in [1.82, 2.24) is 20.0 Å². The highest BCUT2D eigenvalue weighted by molar-refractivity contribution is 5.13. The molecule has 246 valence electrons. The van der Waals surface area contributed by atoms with Crippen molar-refractivity contribution in [3.8, 4) is 0 Å². The fraction of sp³-hybridized carbons (Fsp3) is 1.00. The van der Waals surface area contributed by atoms with E-state index in [9.17, 15) is 15.3 Å². The molecule has 0 aromatic rings. The van der Waals surface area contributed by atoms with Crippen molar-refractivity contribution in [3.63, 3.8) is 0 Å². The first-order chi connectivity index (χ1) is 20.8. The van der Waals surface area contributed by atoms with Gasteiger partial charge < -0.3 is 35.0 Å². The monoisotopic (exact) mass is 604 g/mol. The van der Waals surface area contributed by atoms with E-state index >= 15 is 0 Å². The minimum atomic E-state index is -0.794. The van der Waals surface area contributed by atoms with E-state index in [0.29, 0.717) is 48.5 Å². The first-order valence-electron chi connectivity index (χ1n) is 18.1. The maximum absolute atomic E-state index is 11.7. The molecular formula is C34H60N4O5. The van der Waals surface area contributed by atoms with Crippen LogP contribution >= 0.6 is 0 Å². The molecule has 0 aromatic heterocycles. The number of likely N-dealkylation sites (tertiary alicyclic amines) is 2. The second kappa shape index (κ2) is 12.7. The third-order valence-electron chi connectivity index (χ3n) is 13.9. The highest BCUT2D eigenvalue weighted by atomic mass is 16.6. The molecule has 6 aliphatic heterocycles. The molecule has 10 unspecified atom stereocenters. The van der Waals surface area contributed by atoms with Crippen molar-refractivity contribution >= 4 is 0 Å². The lowest BCUT2D eigenvalue weighted by atomic mass is 9.60. The average molecular weight is 605 g/mol. The fourth-order valence-corrected chi connectivity index (χ4v) is 11.2. The maximum Gasteiger partial charge on any atom is 0.216 e. The molecule has 43 heavy (non-hydrogen) atoms. The fourth-order valence-electron chi connectivity index (χ4n) is 11.2. The number of aliphatic hydroxyl groups excluding tert-OH is 3. The second-order valence-corrected chi connectivity index (χ2v) is 15.7. The second-order valence-electron chi connectivity index (χ2n) is 15.7. The molecule has 0 amide bonds. The lowest BCUT2D eigenvalue weighted by Gasteiger charge is -2.56. The van der Waals surface area contributed by atoms with Crippen LogP contribution in [0.1, 0.15) is 91.4 Å². The molecule has 7 aliphatic rings. The van der Waals surface area contributed by atoms with Gasteiger partial charge in [0.2, 0.25) is 6.41 Å². The van der Waals surface area contributed by atoms with Crippen molar-refractivity contribution in [2.45, 2.75) is 141 Å². The number of fused-ring (bicyclic) bond motifs is 5. The van der Waals surface area contributed by atoms with Crippen molar-refractivity contribution < 1.29 is 24.8 Å². The highest BCUT2D eigenvalue weighted by Gasteiger charge is 2.61. The van der Waals surface area contributed by atoms with E-state index in [4.69, 9.17) is 9.47 Å². The number of hydrogen-bond acceptors (Lipinski definition) is 9. The summed E-state index contributed by atoms with van der Waals surface area (Å²) in [6.45, 7) is 12.4. The molecule has 9 nitrogen and oxygen atoms in total. The van der Waals surface area contributed by atoms with Gasteiger partial charge in [-0.15, -0.1) is 0 Å². The number of nitrogens with zero attached hydrogens (tertiary/aromatic N) is 3. The van der Waals surface area contributed by atoms with Crippen molar-refractivity contribution in [3.05, 3.63) is 0 Å². The van der Waals surface area contributed by atoms with E-state index in [0.717, 1.165) is 71.0 Å². The zero-order chi connectivity index (χ0) is 29.9. The summed E-state index contributed by atoms with van der Waals surface area (Å²) >= 11 is 0. The number of aliphatic hydroxyl groups is 3. The van der Waals surface area contributed by atoms with Gasteiger partial charge in [-0.25, -0.2) is 0 Å². The number of nitrogens with one attached hydrogen (secondary N) is 1. The van der Waals surface area contributed by atoms with Gasteiger partial charge in [-0.3, -0.25) is 9.80 Å². The third kappa shape index (κ3) is 5.54. The minimum absolute atomic E-state index is 0.0521. The van der Waals surface area contributed by atoms with Crippen LogP contribution in [0.15, 0.2) is 0 Å². The highest BCUT2D eigenvalue weighted by Crippen LogP contribution is 2.55. The van der Waals surface area contributed by atoms with Gasteiger partial charge in [0.1, 0.15) is 6.23 Å². The van der Waals surface area contributed by atoms with Crippen LogP contribution in [0, 0.1) is 35.0 Å². The van der Waals surface area contributed by atoms with Crippen LogP contribution in [0.5, 0.6) is 0 Å². The Hall–Kier alpha value is -0.360. The van der Waals surface area contributed by atoms with Crippen LogP contribution in [-0.2, 0) is 9.47 Å². The molecule has 0 bridgehead atoms. The first-order valence-corrected chi connectivity index (χ1v) is 18.1. The van der Waals surface area contributed by atoms with E-state index in [1.54, 1.807) is 0 Å². The van der Waals surface area contributed by atoms with Crippen LogP contribution in [0.4, 0.5) is 0 Å². The van der Waals surface area contributed by atoms with Crippen molar-refractivity contribution in [2.75, 3.05) is 39.3 Å². The molecule has 1 aliphatic carbocycles. The van der Waals surface area contributed by atoms with E-state index in [-0.39, 0.29) is 23.4 Å². The van der Waals surface area contributed by atoms with E-state index in [2.05, 4.69) is 40.8 Å². The smallest absolute Gasteiger partial charge is 0.216 e. The van der Waals surface area contributed by atoms with Gasteiger partial charge in [-0.1, -0.05) is 33.6 Å². The quantitative estimate of drug-likeness (QED) is 0.341. The van der Waals surface area contributed by atoms with Crippen LogP contribution in [-0.4, -0.2) is 119 Å². The van der Waals surface area contributed by atoms with Gasteiger partial charge in [-0.2, -0.15) is 0 Å². The molecule has 7 fully saturated rings. The standard InChI is InChI=1S/C34H60N4O5/c1-4-23-24-17-22(43-33(41)37-15-11-21(12-16-37)36-13-7-6-8-14-36)9-10-28(24)35-30-25(23)19-38-29(30)18-27-26(31(38)39)20-42-32(40)34(27,3)5-2/h21-33,35,39-41H,4-20H2,1-3H3/t22?,23?,24?,25?,26-,27?,28-,29?,30?,31?,32?,33+,34?/m0/s1. The summed E-state index contributed by atoms with van der Waals surface area (Å²) in [5.74, 6) is 1.93. The Kier molecular flexibility index (Phi) is 9.22. The lowest BCUT2D eigenvalue weighted by Crippen LogP contribution is -2.65. The summed E-state index contributed by atoms with van der Waals surface area (Å²) in [5, 5.41) is 37.8. The SMILES string of the molecule is CCC1C2CN3C(CC4[C@H](COC(O)C4(C)CC)C3O)C2N[C@H]2CCC(O[C@@H](O)N3CCC(N4CCCCC4)CC3)CC12. The summed E-state index contributed by atoms with van der Waals surface area (Å²) in [7, 11) is 0. The molecule has 9 heteroatoms. The lowest BCUT2D eigenvalue weighted by molar-refractivity contribution is -0.278. The van der Waals surface area contributed by atoms with Crippen molar-refractivity contribution in [2.24, 2.45) is 35.0 Å². The summed E-state index contributed by atoms with van der Waals surface area (Å²) < 4.78 is 12.3. The molecule has 0 spiro atoms. The Bertz CT molecular complexity index is 946. The summed E-state index contributed by atoms with van der Waals surface area (Å²) in [6.07, 6.45) is 10.4. The zero-order valence-corrected chi connectivity index (χ0v) is 27.0. The Morgan fingerprint density at radius 2 is 1.72 bits per heavy atom. The first kappa shape index (κ1) is 31.3. The third-order valence-corrected chi connectivity index (χ3v) is 13.9. The Balaban J connectivity index is 0.979. The van der Waals surface area contributed by atoms with Gasteiger partial charge in [0.25, 0.3) is 0 Å². The zero-order valence-electron chi connectivity index (χ0n) is 27.0. The predicted octanol–water partition coefficient (Wildman–Crippen LogP) is 2.78. The molecular weight excluding hydrogens is 544 g/mol. The van der Waals surface area contributed by atoms with Gasteiger partial charge in [0.05, 0.1) is 12.7 Å². The summed E-state index contributed by atoms with van der Waals surface area (Å²) in [6, 6.07) is 1.83. The van der Waals surface area contributed by atoms with Gasteiger partial charge in [0.15, 0.2) is 6.29 Å². The topological polar surface area (TPSA) is 101 Å². The molecule has 0 radical (unpaired) electrons. The number of rotatable bonds is 6. The Morgan fingerprint density at radius 3 is 2.44 bits per heavy atom. The van der Waals surface area contributed by atoms with Gasteiger partial charge >= 0.3 is 0 Å². The molecule has 6 heterocycles. The molecule has 7 rings (SSSR count). The van der Waals surface area contributed by atoms with Crippen LogP contribution in [0.3, 0.4) is 0 Å². The number of piperidine rings is 4. The van der Waals surface area contributed by atoms with E-state index < -0.39 is 18.9 Å². The van der Waals surface area contributed by atoms with Gasteiger partial charge in [0, 0.05) is 55.1 Å². The Morgan fingerprint density at radius 1 is 0.953 bits per heavy atom. The van der Waals surface area contributed by atoms with Gasteiger partial charge in [-0.05, 0) is 94.5 Å². The van der Waals surface area contributed by atoms with Crippen LogP contribution in [0.2, 0.25) is 0 Å². The van der Waals surface area contributed by atoms with Crippen LogP contribution in [0.25, 0.3) is 0 Å². The average Bonchev–Trinajstić information content (AvgIpc) is 3.41. The molecule has 0 aromatic carbocycles. The largest absolute Gasteiger partial charge is 0.378 e. The van der Waals surface area contributed by atoms with Crippen LogP contribution < -0.4 is 5.32 Å². The molecule has 4 N–H and O–H groups in total. The summed E-state index contributed by atoms with van der Waals surface area (Å²) in [5.41, 5.74) is -0.325. The molecule has 13 atom stereocenters. The number of ether oxygens (including phenoxy) is 2. The van der Waals surface area contributed by atoms with E-state index in [1.165, 1.54) is 32.4 Å². The summed E-state index contributed by atoms with van der Waals surface area (Å²) in [4.78, 5) is 7.25. The van der Waals surface area contributed by atoms with Crippen molar-refractivity contribution in [1.29, 1.82) is 0 Å². The normalized spacial score (nSPS) is 49.1. The Labute approximate surface area is 259 Å². The minimum Gasteiger partial charge on any atom is -0.378 e. The maximum atomic E-state index is 11.7. The number of hydrogen-bond donors (Lipinski definition) is 4. The van der Waals surface area contributed by atoms with E-state index in [1.807, 2.05) is 0 Å². The molecule has 6 saturated heterocycles.